The molecule has 0 saturated carbocycles. The van der Waals surface area contributed by atoms with Gasteiger partial charge in [0.05, 0.1) is 23.4 Å². The molecule has 0 aliphatic rings. The standard InChI is InChI=1S/C29H42ClN3O3/c1-2-3-4-5-6-7-8-9-10-11-12-13-14-15-22-36-29-21-18-26(30)23-28(29)32-31-24-25-16-19-27(20-17-25)33(34)35/h16-21,23-24,32H,2-15,22H2,1H3/b31-24+. The van der Waals surface area contributed by atoms with Crippen LogP contribution < -0.4 is 10.2 Å². The van der Waals surface area contributed by atoms with Crippen LogP contribution in [0.5, 0.6) is 5.75 Å². The van der Waals surface area contributed by atoms with Gasteiger partial charge < -0.3 is 4.74 Å². The Labute approximate surface area is 221 Å². The first kappa shape index (κ1) is 29.6. The van der Waals surface area contributed by atoms with Gasteiger partial charge in [0.2, 0.25) is 0 Å². The molecule has 36 heavy (non-hydrogen) atoms. The van der Waals surface area contributed by atoms with Gasteiger partial charge in [-0.2, -0.15) is 5.10 Å². The Morgan fingerprint density at radius 1 is 0.861 bits per heavy atom. The summed E-state index contributed by atoms with van der Waals surface area (Å²) in [6.07, 6.45) is 20.2. The molecule has 0 aromatic heterocycles. The molecular formula is C29H42ClN3O3. The molecule has 2 rings (SSSR count). The number of nitro groups is 1. The van der Waals surface area contributed by atoms with Crippen LogP contribution in [-0.4, -0.2) is 17.7 Å². The summed E-state index contributed by atoms with van der Waals surface area (Å²) in [4.78, 5) is 10.3. The van der Waals surface area contributed by atoms with Crippen LogP contribution in [0.1, 0.15) is 102 Å². The zero-order valence-electron chi connectivity index (χ0n) is 21.7. The summed E-state index contributed by atoms with van der Waals surface area (Å²) in [5.74, 6) is 0.704. The molecule has 0 bridgehead atoms. The van der Waals surface area contributed by atoms with E-state index in [1.54, 1.807) is 30.5 Å². The largest absolute Gasteiger partial charge is 0.491 e. The molecule has 6 nitrogen and oxygen atoms in total. The van der Waals surface area contributed by atoms with E-state index in [4.69, 9.17) is 16.3 Å². The number of hydrogen-bond acceptors (Lipinski definition) is 5. The number of ether oxygens (including phenoxy) is 1. The Morgan fingerprint density at radius 3 is 1.97 bits per heavy atom. The smallest absolute Gasteiger partial charge is 0.269 e. The molecule has 0 aliphatic carbocycles. The van der Waals surface area contributed by atoms with E-state index in [2.05, 4.69) is 17.5 Å². The Bertz CT molecular complexity index is 903. The van der Waals surface area contributed by atoms with Gasteiger partial charge in [-0.15, -0.1) is 0 Å². The lowest BCUT2D eigenvalue weighted by molar-refractivity contribution is -0.384. The number of anilines is 1. The summed E-state index contributed by atoms with van der Waals surface area (Å²) in [6.45, 7) is 2.92. The summed E-state index contributed by atoms with van der Waals surface area (Å²) < 4.78 is 5.97. The lowest BCUT2D eigenvalue weighted by Gasteiger charge is -2.11. The predicted molar refractivity (Wildman–Crippen MR) is 152 cm³/mol. The van der Waals surface area contributed by atoms with Crippen molar-refractivity contribution in [3.63, 3.8) is 0 Å². The summed E-state index contributed by atoms with van der Waals surface area (Å²) in [7, 11) is 0. The Morgan fingerprint density at radius 2 is 1.42 bits per heavy atom. The van der Waals surface area contributed by atoms with Gasteiger partial charge >= 0.3 is 0 Å². The molecule has 0 radical (unpaired) electrons. The molecule has 0 spiro atoms. The van der Waals surface area contributed by atoms with E-state index in [1.165, 1.54) is 95.6 Å². The van der Waals surface area contributed by atoms with Crippen molar-refractivity contribution in [2.45, 2.75) is 96.8 Å². The van der Waals surface area contributed by atoms with Crippen molar-refractivity contribution >= 4 is 29.2 Å². The van der Waals surface area contributed by atoms with Crippen LogP contribution in [0.25, 0.3) is 0 Å². The summed E-state index contributed by atoms with van der Waals surface area (Å²) in [5.41, 5.74) is 4.45. The van der Waals surface area contributed by atoms with Crippen LogP contribution in [0.2, 0.25) is 5.02 Å². The van der Waals surface area contributed by atoms with Crippen molar-refractivity contribution in [2.75, 3.05) is 12.0 Å². The van der Waals surface area contributed by atoms with Gasteiger partial charge in [-0.05, 0) is 42.3 Å². The second-order valence-electron chi connectivity index (χ2n) is 9.30. The van der Waals surface area contributed by atoms with Crippen molar-refractivity contribution in [1.29, 1.82) is 0 Å². The minimum Gasteiger partial charge on any atom is -0.491 e. The molecule has 0 amide bonds. The first-order valence-corrected chi connectivity index (χ1v) is 13.9. The molecule has 0 aliphatic heterocycles. The van der Waals surface area contributed by atoms with Gasteiger partial charge in [0.1, 0.15) is 5.75 Å². The fourth-order valence-corrected chi connectivity index (χ4v) is 4.22. The predicted octanol–water partition coefficient (Wildman–Crippen LogP) is 9.55. The maximum Gasteiger partial charge on any atom is 0.269 e. The minimum absolute atomic E-state index is 0.0501. The molecule has 198 valence electrons. The molecule has 0 heterocycles. The maximum absolute atomic E-state index is 10.8. The van der Waals surface area contributed by atoms with E-state index in [1.807, 2.05) is 6.07 Å². The number of rotatable bonds is 20. The van der Waals surface area contributed by atoms with Gasteiger partial charge in [0.25, 0.3) is 5.69 Å². The van der Waals surface area contributed by atoms with Crippen LogP contribution in [0, 0.1) is 10.1 Å². The monoisotopic (exact) mass is 515 g/mol. The number of hydrazone groups is 1. The Kier molecular flexibility index (Phi) is 15.3. The van der Waals surface area contributed by atoms with Crippen molar-refractivity contribution in [2.24, 2.45) is 5.10 Å². The number of nitrogens with one attached hydrogen (secondary N) is 1. The SMILES string of the molecule is CCCCCCCCCCCCCCCCOc1ccc(Cl)cc1N/N=C/c1ccc([N+](=O)[O-])cc1. The average Bonchev–Trinajstić information content (AvgIpc) is 2.87. The van der Waals surface area contributed by atoms with E-state index in [0.717, 1.165) is 12.0 Å². The lowest BCUT2D eigenvalue weighted by Crippen LogP contribution is -2.01. The van der Waals surface area contributed by atoms with E-state index >= 15 is 0 Å². The van der Waals surface area contributed by atoms with E-state index < -0.39 is 4.92 Å². The van der Waals surface area contributed by atoms with Gasteiger partial charge in [0, 0.05) is 17.2 Å². The normalized spacial score (nSPS) is 11.2. The highest BCUT2D eigenvalue weighted by atomic mass is 35.5. The number of unbranched alkanes of at least 4 members (excludes halogenated alkanes) is 13. The highest BCUT2D eigenvalue weighted by Gasteiger charge is 2.05. The maximum atomic E-state index is 10.8. The second-order valence-corrected chi connectivity index (χ2v) is 9.74. The zero-order chi connectivity index (χ0) is 25.8. The topological polar surface area (TPSA) is 76.8 Å². The molecule has 7 heteroatoms. The second kappa shape index (κ2) is 18.6. The van der Waals surface area contributed by atoms with Gasteiger partial charge in [0.15, 0.2) is 0 Å². The zero-order valence-corrected chi connectivity index (χ0v) is 22.5. The van der Waals surface area contributed by atoms with Crippen LogP contribution >= 0.6 is 11.6 Å². The quantitative estimate of drug-likeness (QED) is 0.0823. The molecule has 0 fully saturated rings. The van der Waals surface area contributed by atoms with Crippen molar-refractivity contribution in [3.8, 4) is 5.75 Å². The molecule has 2 aromatic rings. The highest BCUT2D eigenvalue weighted by Crippen LogP contribution is 2.28. The Balaban J connectivity index is 1.58. The summed E-state index contributed by atoms with van der Waals surface area (Å²) in [5, 5.41) is 15.6. The van der Waals surface area contributed by atoms with Crippen molar-refractivity contribution < 1.29 is 9.66 Å². The fourth-order valence-electron chi connectivity index (χ4n) is 4.05. The molecule has 0 atom stereocenters. The van der Waals surface area contributed by atoms with Gasteiger partial charge in [-0.25, -0.2) is 0 Å². The number of nitrogens with zero attached hydrogens (tertiary/aromatic N) is 2. The van der Waals surface area contributed by atoms with Crippen molar-refractivity contribution in [1.82, 2.24) is 0 Å². The van der Waals surface area contributed by atoms with Gasteiger partial charge in [-0.1, -0.05) is 102 Å². The van der Waals surface area contributed by atoms with E-state index in [9.17, 15) is 10.1 Å². The average molecular weight is 516 g/mol. The Hall–Kier alpha value is -2.60. The third-order valence-corrected chi connectivity index (χ3v) is 6.43. The molecule has 2 aromatic carbocycles. The van der Waals surface area contributed by atoms with Crippen LogP contribution in [-0.2, 0) is 0 Å². The van der Waals surface area contributed by atoms with Crippen LogP contribution in [0.4, 0.5) is 11.4 Å². The molecule has 1 N–H and O–H groups in total. The first-order valence-electron chi connectivity index (χ1n) is 13.6. The lowest BCUT2D eigenvalue weighted by atomic mass is 10.0. The van der Waals surface area contributed by atoms with E-state index in [-0.39, 0.29) is 5.69 Å². The van der Waals surface area contributed by atoms with Crippen LogP contribution in [0.3, 0.4) is 0 Å². The summed E-state index contributed by atoms with van der Waals surface area (Å²) in [6, 6.07) is 11.6. The van der Waals surface area contributed by atoms with Gasteiger partial charge in [-0.3, -0.25) is 15.5 Å². The van der Waals surface area contributed by atoms with E-state index in [0.29, 0.717) is 23.1 Å². The first-order chi connectivity index (χ1) is 17.6. The molecular weight excluding hydrogens is 474 g/mol. The number of non-ortho nitro benzene ring substituents is 1. The third-order valence-electron chi connectivity index (χ3n) is 6.20. The number of hydrogen-bond donors (Lipinski definition) is 1. The van der Waals surface area contributed by atoms with Crippen LogP contribution in [0.15, 0.2) is 47.6 Å². The number of halogens is 1. The summed E-state index contributed by atoms with van der Waals surface area (Å²) >= 11 is 6.15. The van der Waals surface area contributed by atoms with Crippen molar-refractivity contribution in [3.05, 3.63) is 63.2 Å². The molecule has 0 saturated heterocycles. The number of benzene rings is 2. The fraction of sp³-hybridized carbons (Fsp3) is 0.552. The highest BCUT2D eigenvalue weighted by molar-refractivity contribution is 6.30. The minimum atomic E-state index is -0.424. The third kappa shape index (κ3) is 12.9. The molecule has 0 unspecified atom stereocenters. The number of nitro benzene ring substituents is 1.